The molecule has 348 valence electrons. The third-order valence-electron chi connectivity index (χ3n) is 8.87. The number of piperazine rings is 2. The summed E-state index contributed by atoms with van der Waals surface area (Å²) in [5, 5.41) is 22.6. The van der Waals surface area contributed by atoms with E-state index in [4.69, 9.17) is 14.7 Å². The standard InChI is InChI=1S/C22H28N6O4.C13H15BrN4.C9H14N2O4/c1-21(2,3)13-28-15(7-14-9-24-16(8-23)25-19(14)28)10-27-17(29)11-26(12-18(27)30)20(31)32-22(4,5)6;1-13(2,3)8-18-10(5-14)4-9-7-16-11(6-15)17-12(9)18;1-9(2,3)15-8(14)11-4-6(12)10-7(13)5-11/h7,9H,10-13H2,1-6H3;4,7H,5,8H2,1-3H3;4-5H2,1-3H3,(H,10,12,13). The molecule has 2 aliphatic rings. The Bertz CT molecular complexity index is 2530. The number of aromatic nitrogens is 6. The molecule has 0 saturated carbocycles. The smallest absolute Gasteiger partial charge is 0.411 e. The van der Waals surface area contributed by atoms with Gasteiger partial charge in [-0.05, 0) is 64.5 Å². The van der Waals surface area contributed by atoms with Crippen molar-refractivity contribution in [2.24, 2.45) is 10.8 Å². The number of fused-ring (bicyclic) bond motifs is 2. The van der Waals surface area contributed by atoms with Crippen LogP contribution in [-0.2, 0) is 53.6 Å². The van der Waals surface area contributed by atoms with Gasteiger partial charge in [0.15, 0.2) is 0 Å². The summed E-state index contributed by atoms with van der Waals surface area (Å²) in [7, 11) is 0. The third-order valence-corrected chi connectivity index (χ3v) is 9.44. The summed E-state index contributed by atoms with van der Waals surface area (Å²) in [6, 6.07) is 7.82. The Morgan fingerprint density at radius 3 is 1.42 bits per heavy atom. The number of carbonyl (C=O) groups excluding carboxylic acids is 6. The summed E-state index contributed by atoms with van der Waals surface area (Å²) in [6.45, 7) is 23.8. The molecule has 2 aliphatic heterocycles. The van der Waals surface area contributed by atoms with Crippen molar-refractivity contribution in [3.63, 3.8) is 0 Å². The van der Waals surface area contributed by atoms with Crippen LogP contribution >= 0.6 is 15.9 Å². The number of ether oxygens (including phenoxy) is 2. The maximum absolute atomic E-state index is 12.8. The highest BCUT2D eigenvalue weighted by Crippen LogP contribution is 2.27. The van der Waals surface area contributed by atoms with Gasteiger partial charge in [0, 0.05) is 53.0 Å². The maximum Gasteiger partial charge on any atom is 0.411 e. The van der Waals surface area contributed by atoms with Crippen LogP contribution in [-0.4, -0.2) is 117 Å². The number of hydrogen-bond acceptors (Lipinski definition) is 14. The monoisotopic (exact) mass is 960 g/mol. The maximum atomic E-state index is 12.8. The molecule has 0 radical (unpaired) electrons. The zero-order chi connectivity index (χ0) is 48.8. The van der Waals surface area contributed by atoms with Crippen LogP contribution in [0.1, 0.15) is 106 Å². The number of hydrogen-bond donors (Lipinski definition) is 1. The fourth-order valence-electron chi connectivity index (χ4n) is 6.42. The van der Waals surface area contributed by atoms with Crippen molar-refractivity contribution in [1.29, 1.82) is 10.5 Å². The molecule has 0 aliphatic carbocycles. The molecular weight excluding hydrogens is 904 g/mol. The Labute approximate surface area is 386 Å². The van der Waals surface area contributed by atoms with Crippen LogP contribution in [0.4, 0.5) is 9.59 Å². The van der Waals surface area contributed by atoms with Crippen LogP contribution in [0.3, 0.4) is 0 Å². The van der Waals surface area contributed by atoms with Crippen molar-refractivity contribution in [1.82, 2.24) is 49.1 Å². The van der Waals surface area contributed by atoms with Gasteiger partial charge in [0.25, 0.3) is 0 Å². The normalized spacial score (nSPS) is 14.8. The van der Waals surface area contributed by atoms with Crippen molar-refractivity contribution in [3.05, 3.63) is 47.6 Å². The summed E-state index contributed by atoms with van der Waals surface area (Å²) < 4.78 is 14.4. The molecule has 0 bridgehead atoms. The van der Waals surface area contributed by atoms with Crippen LogP contribution in [0.25, 0.3) is 22.1 Å². The largest absolute Gasteiger partial charge is 0.444 e. The number of nitriles is 2. The van der Waals surface area contributed by atoms with Gasteiger partial charge in [-0.1, -0.05) is 57.5 Å². The van der Waals surface area contributed by atoms with E-state index in [1.807, 2.05) is 22.8 Å². The lowest BCUT2D eigenvalue weighted by Gasteiger charge is -2.34. The second kappa shape index (κ2) is 20.1. The molecule has 6 amide bonds. The van der Waals surface area contributed by atoms with Gasteiger partial charge in [0.2, 0.25) is 35.3 Å². The van der Waals surface area contributed by atoms with Crippen LogP contribution in [0.2, 0.25) is 0 Å². The molecule has 2 fully saturated rings. The molecule has 0 aromatic carbocycles. The number of alkyl halides is 1. The summed E-state index contributed by atoms with van der Waals surface area (Å²) in [4.78, 5) is 91.3. The molecule has 2 saturated heterocycles. The van der Waals surface area contributed by atoms with Crippen molar-refractivity contribution in [2.75, 3.05) is 26.2 Å². The Balaban J connectivity index is 0.000000236. The number of rotatable bonds is 5. The molecule has 0 unspecified atom stereocenters. The Morgan fingerprint density at radius 1 is 0.662 bits per heavy atom. The highest BCUT2D eigenvalue weighted by Gasteiger charge is 2.36. The number of nitrogens with zero attached hydrogens (tertiary/aromatic N) is 11. The molecule has 1 N–H and O–H groups in total. The fourth-order valence-corrected chi connectivity index (χ4v) is 6.88. The van der Waals surface area contributed by atoms with Gasteiger partial charge in [-0.3, -0.25) is 39.2 Å². The molecule has 4 aromatic rings. The van der Waals surface area contributed by atoms with Crippen molar-refractivity contribution in [2.45, 2.75) is 119 Å². The van der Waals surface area contributed by atoms with E-state index in [1.165, 1.54) is 0 Å². The average molecular weight is 962 g/mol. The summed E-state index contributed by atoms with van der Waals surface area (Å²) in [6.07, 6.45) is 1.94. The van der Waals surface area contributed by atoms with E-state index in [-0.39, 0.29) is 55.2 Å². The number of amides is 6. The second-order valence-corrected chi connectivity index (χ2v) is 20.4. The average Bonchev–Trinajstić information content (AvgIpc) is 3.68. The van der Waals surface area contributed by atoms with Crippen molar-refractivity contribution in [3.8, 4) is 12.1 Å². The summed E-state index contributed by atoms with van der Waals surface area (Å²) >= 11 is 3.50. The van der Waals surface area contributed by atoms with Gasteiger partial charge < -0.3 is 18.6 Å². The Kier molecular flexibility index (Phi) is 15.9. The molecule has 21 heteroatoms. The quantitative estimate of drug-likeness (QED) is 0.189. The Hall–Kier alpha value is -6.48. The van der Waals surface area contributed by atoms with Gasteiger partial charge in [0.05, 0.1) is 6.54 Å². The first-order valence-corrected chi connectivity index (χ1v) is 21.8. The number of carbonyl (C=O) groups is 6. The number of halogens is 1. The van der Waals surface area contributed by atoms with E-state index in [2.05, 4.69) is 93.4 Å². The van der Waals surface area contributed by atoms with Gasteiger partial charge in [-0.2, -0.15) is 10.5 Å². The predicted molar refractivity (Wildman–Crippen MR) is 240 cm³/mol. The molecule has 65 heavy (non-hydrogen) atoms. The zero-order valence-corrected chi connectivity index (χ0v) is 40.6. The summed E-state index contributed by atoms with van der Waals surface area (Å²) in [5.74, 6) is -1.67. The van der Waals surface area contributed by atoms with Crippen LogP contribution in [0, 0.1) is 33.5 Å². The van der Waals surface area contributed by atoms with Crippen molar-refractivity contribution >= 4 is 73.8 Å². The fraction of sp³-hybridized carbons (Fsp3) is 0.545. The van der Waals surface area contributed by atoms with E-state index < -0.39 is 47.0 Å². The van der Waals surface area contributed by atoms with E-state index in [9.17, 15) is 34.0 Å². The first-order valence-electron chi connectivity index (χ1n) is 20.7. The van der Waals surface area contributed by atoms with Crippen LogP contribution < -0.4 is 5.32 Å². The van der Waals surface area contributed by atoms with Gasteiger partial charge in [-0.15, -0.1) is 0 Å². The molecule has 0 spiro atoms. The van der Waals surface area contributed by atoms with Crippen molar-refractivity contribution < 1.29 is 38.2 Å². The highest BCUT2D eigenvalue weighted by atomic mass is 79.9. The first-order chi connectivity index (χ1) is 30.0. The second-order valence-electron chi connectivity index (χ2n) is 19.9. The first kappa shape index (κ1) is 51.2. The minimum atomic E-state index is -0.725. The SMILES string of the molecule is CC(C)(C)Cn1c(CBr)cc2cnc(C#N)nc21.CC(C)(C)Cn1c(CN2C(=O)CN(C(=O)OC(C)(C)C)CC2=O)cc2cnc(C#N)nc21.CC(C)(C)OC(=O)N1CC(=O)NC(=O)C1. The number of imide groups is 2. The van der Waals surface area contributed by atoms with Gasteiger partial charge >= 0.3 is 12.2 Å². The lowest BCUT2D eigenvalue weighted by atomic mass is 9.97. The molecule has 0 atom stereocenters. The van der Waals surface area contributed by atoms with E-state index in [1.54, 1.807) is 53.9 Å². The van der Waals surface area contributed by atoms with E-state index in [0.29, 0.717) is 17.9 Å². The van der Waals surface area contributed by atoms with E-state index in [0.717, 1.165) is 48.7 Å². The molecule has 4 aromatic heterocycles. The lowest BCUT2D eigenvalue weighted by Crippen LogP contribution is -2.56. The molecule has 6 heterocycles. The van der Waals surface area contributed by atoms with Gasteiger partial charge in [-0.25, -0.2) is 29.5 Å². The molecule has 6 rings (SSSR count). The van der Waals surface area contributed by atoms with Gasteiger partial charge in [0.1, 0.15) is 60.8 Å². The number of nitrogens with one attached hydrogen (secondary N) is 1. The third kappa shape index (κ3) is 14.8. The van der Waals surface area contributed by atoms with Crippen LogP contribution in [0.5, 0.6) is 0 Å². The highest BCUT2D eigenvalue weighted by molar-refractivity contribution is 9.08. The molecule has 20 nitrogen and oxygen atoms in total. The molecular formula is C44H57BrN12O8. The topological polar surface area (TPSA) is 252 Å². The predicted octanol–water partition coefficient (Wildman–Crippen LogP) is 5.58. The van der Waals surface area contributed by atoms with E-state index >= 15 is 0 Å². The zero-order valence-electron chi connectivity index (χ0n) is 39.0. The Morgan fingerprint density at radius 2 is 1.05 bits per heavy atom. The van der Waals surface area contributed by atoms with Crippen LogP contribution in [0.15, 0.2) is 24.5 Å². The minimum absolute atomic E-state index is 0.0359. The minimum Gasteiger partial charge on any atom is -0.444 e. The lowest BCUT2D eigenvalue weighted by molar-refractivity contribution is -0.152. The summed E-state index contributed by atoms with van der Waals surface area (Å²) in [5.41, 5.74) is 1.95.